The second-order valence-corrected chi connectivity index (χ2v) is 12.7. The van der Waals surface area contributed by atoms with Crippen LogP contribution in [0.4, 0.5) is 0 Å². The molecule has 0 aliphatic rings. The van der Waals surface area contributed by atoms with Crippen molar-refractivity contribution < 1.29 is 8.54 Å². The van der Waals surface area contributed by atoms with Gasteiger partial charge in [-0.05, 0) is 36.9 Å². The summed E-state index contributed by atoms with van der Waals surface area (Å²) in [5, 5.41) is 1.29. The predicted octanol–water partition coefficient (Wildman–Crippen LogP) is 3.11. The lowest BCUT2D eigenvalue weighted by molar-refractivity contribution is 0.313. The fourth-order valence-electron chi connectivity index (χ4n) is 1.74. The molecule has 0 bridgehead atoms. The highest BCUT2D eigenvalue weighted by Crippen LogP contribution is 2.15. The van der Waals surface area contributed by atoms with E-state index in [9.17, 15) is 0 Å². The van der Waals surface area contributed by atoms with Gasteiger partial charge < -0.3 is 8.54 Å². The molecule has 0 spiro atoms. The Balaban J connectivity index is 2.92. The van der Waals surface area contributed by atoms with E-state index in [0.29, 0.717) is 0 Å². The molecule has 1 aromatic rings. The molecule has 17 heavy (non-hydrogen) atoms. The molecule has 0 unspecified atom stereocenters. The van der Waals surface area contributed by atoms with Gasteiger partial charge in [-0.15, -0.1) is 0 Å². The Hall–Kier alpha value is -0.686. The molecule has 0 amide bonds. The molecule has 0 N–H and O–H groups in total. The average Bonchev–Trinajstić information content (AvgIpc) is 2.28. The summed E-state index contributed by atoms with van der Waals surface area (Å²) >= 11 is 0. The molecule has 1 rings (SSSR count). The summed E-state index contributed by atoms with van der Waals surface area (Å²) in [5.74, 6) is 0. The molecule has 0 saturated heterocycles. The summed E-state index contributed by atoms with van der Waals surface area (Å²) in [5.41, 5.74) is 1.14. The first-order valence-electron chi connectivity index (χ1n) is 5.79. The van der Waals surface area contributed by atoms with E-state index >= 15 is 0 Å². The summed E-state index contributed by atoms with van der Waals surface area (Å²) < 4.78 is 11.7. The summed E-state index contributed by atoms with van der Waals surface area (Å²) in [4.78, 5) is 0. The SMILES string of the molecule is C=Cc1ccc([Si](C)(C)O[Si](C)(C)OC)cc1. The molecular weight excluding hydrogens is 244 g/mol. The Morgan fingerprint density at radius 3 is 2.00 bits per heavy atom. The zero-order valence-electron chi connectivity index (χ0n) is 11.4. The first kappa shape index (κ1) is 14.4. The summed E-state index contributed by atoms with van der Waals surface area (Å²) in [6.45, 7) is 12.4. The van der Waals surface area contributed by atoms with Crippen LogP contribution in [-0.4, -0.2) is 24.0 Å². The van der Waals surface area contributed by atoms with Crippen LogP contribution >= 0.6 is 0 Å². The maximum Gasteiger partial charge on any atom is 0.321 e. The van der Waals surface area contributed by atoms with E-state index in [2.05, 4.69) is 57.0 Å². The van der Waals surface area contributed by atoms with Crippen LogP contribution in [0.1, 0.15) is 5.56 Å². The molecular formula is C13H22O2Si2. The average molecular weight is 266 g/mol. The summed E-state index contributed by atoms with van der Waals surface area (Å²) in [6, 6.07) is 8.45. The van der Waals surface area contributed by atoms with Gasteiger partial charge in [0.2, 0.25) is 8.32 Å². The summed E-state index contributed by atoms with van der Waals surface area (Å²) in [6.07, 6.45) is 1.85. The minimum Gasteiger partial charge on any atom is -0.432 e. The van der Waals surface area contributed by atoms with Gasteiger partial charge in [-0.3, -0.25) is 0 Å². The molecule has 0 aliphatic carbocycles. The van der Waals surface area contributed by atoms with Crippen molar-refractivity contribution in [3.63, 3.8) is 0 Å². The molecule has 0 saturated carbocycles. The van der Waals surface area contributed by atoms with E-state index in [1.54, 1.807) is 7.11 Å². The quantitative estimate of drug-likeness (QED) is 0.763. The maximum atomic E-state index is 6.26. The molecule has 0 fully saturated rings. The van der Waals surface area contributed by atoms with Gasteiger partial charge in [0.25, 0.3) is 0 Å². The smallest absolute Gasteiger partial charge is 0.321 e. The van der Waals surface area contributed by atoms with Crippen LogP contribution in [0, 0.1) is 0 Å². The van der Waals surface area contributed by atoms with E-state index in [4.69, 9.17) is 8.54 Å². The molecule has 0 heterocycles. The molecule has 2 nitrogen and oxygen atoms in total. The lowest BCUT2D eigenvalue weighted by atomic mass is 10.2. The van der Waals surface area contributed by atoms with Crippen LogP contribution in [0.5, 0.6) is 0 Å². The van der Waals surface area contributed by atoms with Gasteiger partial charge in [0.15, 0.2) is 0 Å². The normalized spacial score (nSPS) is 12.5. The van der Waals surface area contributed by atoms with Crippen LogP contribution in [0.3, 0.4) is 0 Å². The highest BCUT2D eigenvalue weighted by molar-refractivity contribution is 6.90. The third-order valence-corrected chi connectivity index (χ3v) is 9.55. The highest BCUT2D eigenvalue weighted by atomic mass is 28.4. The van der Waals surface area contributed by atoms with Crippen LogP contribution < -0.4 is 5.19 Å². The predicted molar refractivity (Wildman–Crippen MR) is 79.2 cm³/mol. The Morgan fingerprint density at radius 1 is 1.06 bits per heavy atom. The Bertz CT molecular complexity index is 383. The van der Waals surface area contributed by atoms with Gasteiger partial charge in [-0.2, -0.15) is 0 Å². The van der Waals surface area contributed by atoms with E-state index in [1.165, 1.54) is 5.19 Å². The van der Waals surface area contributed by atoms with Gasteiger partial charge >= 0.3 is 8.56 Å². The Kier molecular flexibility index (Phi) is 4.49. The third kappa shape index (κ3) is 3.92. The number of hydrogen-bond acceptors (Lipinski definition) is 2. The van der Waals surface area contributed by atoms with Crippen molar-refractivity contribution in [1.29, 1.82) is 0 Å². The number of benzene rings is 1. The summed E-state index contributed by atoms with van der Waals surface area (Å²) in [7, 11) is -2.11. The largest absolute Gasteiger partial charge is 0.432 e. The second-order valence-electron chi connectivity index (χ2n) is 5.04. The first-order chi connectivity index (χ1) is 7.80. The van der Waals surface area contributed by atoms with Crippen molar-refractivity contribution in [3.05, 3.63) is 36.4 Å². The fourth-order valence-corrected chi connectivity index (χ4v) is 8.43. The minimum atomic E-state index is -1.98. The zero-order valence-corrected chi connectivity index (χ0v) is 13.4. The Labute approximate surface area is 107 Å². The zero-order chi connectivity index (χ0) is 13.1. The van der Waals surface area contributed by atoms with Crippen molar-refractivity contribution in [2.45, 2.75) is 26.2 Å². The molecule has 1 aromatic carbocycles. The van der Waals surface area contributed by atoms with Gasteiger partial charge in [-0.1, -0.05) is 36.9 Å². The molecule has 94 valence electrons. The van der Waals surface area contributed by atoms with Crippen LogP contribution in [-0.2, 0) is 8.54 Å². The van der Waals surface area contributed by atoms with Gasteiger partial charge in [0.1, 0.15) is 0 Å². The van der Waals surface area contributed by atoms with E-state index < -0.39 is 16.9 Å². The molecule has 4 heteroatoms. The van der Waals surface area contributed by atoms with Crippen molar-refractivity contribution in [3.8, 4) is 0 Å². The van der Waals surface area contributed by atoms with Crippen molar-refractivity contribution in [2.24, 2.45) is 0 Å². The first-order valence-corrected chi connectivity index (χ1v) is 11.5. The maximum absolute atomic E-state index is 6.26. The lowest BCUT2D eigenvalue weighted by Crippen LogP contribution is -2.53. The lowest BCUT2D eigenvalue weighted by Gasteiger charge is -2.32. The molecule has 0 atom stereocenters. The van der Waals surface area contributed by atoms with Crippen molar-refractivity contribution >= 4 is 28.1 Å². The number of hydrogen-bond donors (Lipinski definition) is 0. The van der Waals surface area contributed by atoms with Gasteiger partial charge in [0.05, 0.1) is 0 Å². The second kappa shape index (κ2) is 5.31. The monoisotopic (exact) mass is 266 g/mol. The highest BCUT2D eigenvalue weighted by Gasteiger charge is 2.35. The third-order valence-electron chi connectivity index (χ3n) is 2.83. The molecule has 0 aromatic heterocycles. The van der Waals surface area contributed by atoms with Crippen LogP contribution in [0.15, 0.2) is 30.8 Å². The van der Waals surface area contributed by atoms with Crippen LogP contribution in [0.25, 0.3) is 6.08 Å². The van der Waals surface area contributed by atoms with Crippen molar-refractivity contribution in [2.75, 3.05) is 7.11 Å². The van der Waals surface area contributed by atoms with E-state index in [0.717, 1.165) is 5.56 Å². The van der Waals surface area contributed by atoms with Gasteiger partial charge in [0, 0.05) is 7.11 Å². The number of rotatable bonds is 5. The fraction of sp³-hybridized carbons (Fsp3) is 0.385. The standard InChI is InChI=1S/C13H22O2Si2/c1-7-12-8-10-13(11-9-12)16(3,4)15-17(5,6)14-2/h7-11H,1H2,2-6H3. The van der Waals surface area contributed by atoms with E-state index in [-0.39, 0.29) is 0 Å². The molecule has 0 radical (unpaired) electrons. The minimum absolute atomic E-state index is 1.14. The van der Waals surface area contributed by atoms with E-state index in [1.807, 2.05) is 6.08 Å². The van der Waals surface area contributed by atoms with Gasteiger partial charge in [-0.25, -0.2) is 0 Å². The Morgan fingerprint density at radius 2 is 1.59 bits per heavy atom. The van der Waals surface area contributed by atoms with Crippen molar-refractivity contribution in [1.82, 2.24) is 0 Å². The van der Waals surface area contributed by atoms with Crippen LogP contribution in [0.2, 0.25) is 26.2 Å². The molecule has 0 aliphatic heterocycles. The topological polar surface area (TPSA) is 18.5 Å².